The fraction of sp³-hybridized carbons (Fsp3) is 0.238. The van der Waals surface area contributed by atoms with Crippen molar-refractivity contribution in [1.82, 2.24) is 14.2 Å². The van der Waals surface area contributed by atoms with Crippen LogP contribution >= 0.6 is 0 Å². The molecular formula is C21H21N3O4S. The smallest absolute Gasteiger partial charge is 0.254 e. The fourth-order valence-corrected chi connectivity index (χ4v) is 4.03. The van der Waals surface area contributed by atoms with Gasteiger partial charge in [-0.15, -0.1) is 0 Å². The van der Waals surface area contributed by atoms with Gasteiger partial charge < -0.3 is 9.64 Å². The quantitative estimate of drug-likeness (QED) is 0.644. The lowest BCUT2D eigenvalue weighted by Gasteiger charge is -2.38. The number of rotatable bonds is 5. The molecule has 0 aliphatic carbocycles. The molecule has 29 heavy (non-hydrogen) atoms. The van der Waals surface area contributed by atoms with Crippen molar-refractivity contribution in [3.8, 4) is 5.88 Å². The van der Waals surface area contributed by atoms with Gasteiger partial charge in [0.05, 0.1) is 23.5 Å². The summed E-state index contributed by atoms with van der Waals surface area (Å²) >= 11 is 0. The highest BCUT2D eigenvalue weighted by Crippen LogP contribution is 2.22. The fourth-order valence-electron chi connectivity index (χ4n) is 3.13. The van der Waals surface area contributed by atoms with Crippen LogP contribution in [-0.4, -0.2) is 61.8 Å². The van der Waals surface area contributed by atoms with Crippen LogP contribution in [0.3, 0.4) is 0 Å². The molecule has 0 atom stereocenters. The molecule has 1 fully saturated rings. The van der Waals surface area contributed by atoms with Gasteiger partial charge in [-0.3, -0.25) is 4.79 Å². The van der Waals surface area contributed by atoms with Crippen LogP contribution in [0.4, 0.5) is 0 Å². The Morgan fingerprint density at radius 1 is 1.03 bits per heavy atom. The molecule has 3 aromatic rings. The van der Waals surface area contributed by atoms with Crippen molar-refractivity contribution in [2.75, 3.05) is 27.2 Å². The minimum atomic E-state index is -3.51. The first kappa shape index (κ1) is 19.4. The normalized spacial score (nSPS) is 14.8. The Bertz CT molecular complexity index is 1150. The Labute approximate surface area is 169 Å². The number of hydrogen-bond donors (Lipinski definition) is 0. The van der Waals surface area contributed by atoms with E-state index in [0.29, 0.717) is 24.5 Å². The summed E-state index contributed by atoms with van der Waals surface area (Å²) < 4.78 is 31.3. The summed E-state index contributed by atoms with van der Waals surface area (Å²) in [7, 11) is -0.566. The van der Waals surface area contributed by atoms with Gasteiger partial charge in [-0.25, -0.2) is 17.7 Å². The number of likely N-dealkylation sites (tertiary alicyclic amines) is 1. The number of benzene rings is 2. The van der Waals surface area contributed by atoms with Crippen molar-refractivity contribution in [2.45, 2.75) is 11.0 Å². The van der Waals surface area contributed by atoms with E-state index in [1.54, 1.807) is 4.90 Å². The van der Waals surface area contributed by atoms with E-state index in [1.165, 1.54) is 38.4 Å². The van der Waals surface area contributed by atoms with Crippen molar-refractivity contribution >= 4 is 26.8 Å². The Hall–Kier alpha value is -2.97. The number of aromatic nitrogens is 1. The predicted molar refractivity (Wildman–Crippen MR) is 109 cm³/mol. The van der Waals surface area contributed by atoms with Crippen molar-refractivity contribution in [2.24, 2.45) is 0 Å². The second kappa shape index (κ2) is 7.46. The number of pyridine rings is 1. The van der Waals surface area contributed by atoms with Gasteiger partial charge in [0.15, 0.2) is 0 Å². The summed E-state index contributed by atoms with van der Waals surface area (Å²) in [5, 5.41) is 1.05. The summed E-state index contributed by atoms with van der Waals surface area (Å²) in [6, 6.07) is 17.6. The Morgan fingerprint density at radius 3 is 2.41 bits per heavy atom. The average Bonchev–Trinajstić information content (AvgIpc) is 2.69. The van der Waals surface area contributed by atoms with Crippen molar-refractivity contribution in [1.29, 1.82) is 0 Å². The molecule has 0 unspecified atom stereocenters. The molecule has 1 aliphatic heterocycles. The molecule has 2 heterocycles. The number of ether oxygens (including phenoxy) is 1. The molecule has 0 spiro atoms. The van der Waals surface area contributed by atoms with Crippen LogP contribution in [0.2, 0.25) is 0 Å². The molecule has 0 radical (unpaired) electrons. The first-order valence-corrected chi connectivity index (χ1v) is 10.6. The maximum atomic E-state index is 12.6. The lowest BCUT2D eigenvalue weighted by Crippen LogP contribution is -2.56. The number of nitrogens with zero attached hydrogens (tertiary/aromatic N) is 3. The van der Waals surface area contributed by atoms with Gasteiger partial charge in [0.2, 0.25) is 15.9 Å². The van der Waals surface area contributed by atoms with Crippen LogP contribution < -0.4 is 4.74 Å². The molecule has 0 saturated carbocycles. The van der Waals surface area contributed by atoms with E-state index >= 15 is 0 Å². The number of fused-ring (bicyclic) bond motifs is 1. The number of amides is 1. The van der Waals surface area contributed by atoms with Crippen molar-refractivity contribution in [3.63, 3.8) is 0 Å². The molecule has 4 rings (SSSR count). The number of carbonyl (C=O) groups excluding carboxylic acids is 1. The zero-order chi connectivity index (χ0) is 20.6. The summed E-state index contributed by atoms with van der Waals surface area (Å²) in [6.07, 6.45) is -0.110. The van der Waals surface area contributed by atoms with Gasteiger partial charge in [0.25, 0.3) is 5.91 Å². The topological polar surface area (TPSA) is 79.8 Å². The predicted octanol–water partition coefficient (Wildman–Crippen LogP) is 2.39. The third-order valence-corrected chi connectivity index (χ3v) is 6.70. The second-order valence-electron chi connectivity index (χ2n) is 7.10. The summed E-state index contributed by atoms with van der Waals surface area (Å²) in [5.41, 5.74) is 1.31. The van der Waals surface area contributed by atoms with Gasteiger partial charge in [-0.2, -0.15) is 0 Å². The van der Waals surface area contributed by atoms with E-state index in [0.717, 1.165) is 15.2 Å². The molecule has 1 aliphatic rings. The Morgan fingerprint density at radius 2 is 1.72 bits per heavy atom. The van der Waals surface area contributed by atoms with Gasteiger partial charge in [0, 0.05) is 31.1 Å². The summed E-state index contributed by atoms with van der Waals surface area (Å²) in [5.74, 6) is 0.393. The van der Waals surface area contributed by atoms with E-state index < -0.39 is 10.0 Å². The number of sulfonamides is 1. The maximum Gasteiger partial charge on any atom is 0.254 e. The number of hydrogen-bond acceptors (Lipinski definition) is 5. The molecule has 2 aromatic carbocycles. The zero-order valence-electron chi connectivity index (χ0n) is 16.1. The molecule has 0 bridgehead atoms. The molecule has 8 heteroatoms. The molecule has 1 aromatic heterocycles. The monoisotopic (exact) mass is 411 g/mol. The third-order valence-electron chi connectivity index (χ3n) is 4.88. The highest BCUT2D eigenvalue weighted by molar-refractivity contribution is 7.89. The number of para-hydroxylation sites is 1. The van der Waals surface area contributed by atoms with Crippen LogP contribution in [0.25, 0.3) is 10.9 Å². The minimum absolute atomic E-state index is 0.110. The van der Waals surface area contributed by atoms with E-state index in [9.17, 15) is 13.2 Å². The van der Waals surface area contributed by atoms with Crippen LogP contribution in [0, 0.1) is 0 Å². The SMILES string of the molecule is CN(C)S(=O)(=O)c1ccc(C(=O)N2CC(Oc3ccc4ccccc4n3)C2)cc1. The molecule has 0 N–H and O–H groups in total. The van der Waals surface area contributed by atoms with Crippen LogP contribution in [0.1, 0.15) is 10.4 Å². The minimum Gasteiger partial charge on any atom is -0.471 e. The highest BCUT2D eigenvalue weighted by Gasteiger charge is 2.33. The highest BCUT2D eigenvalue weighted by atomic mass is 32.2. The Kier molecular flexibility index (Phi) is 4.97. The lowest BCUT2D eigenvalue weighted by molar-refractivity contribution is 0.0161. The van der Waals surface area contributed by atoms with E-state index in [4.69, 9.17) is 4.74 Å². The van der Waals surface area contributed by atoms with Crippen molar-refractivity contribution in [3.05, 3.63) is 66.2 Å². The second-order valence-corrected chi connectivity index (χ2v) is 9.26. The standard InChI is InChI=1S/C21H21N3O4S/c1-23(2)29(26,27)18-10-7-16(8-11-18)21(25)24-13-17(14-24)28-20-12-9-15-5-3-4-6-19(15)22-20/h3-12,17H,13-14H2,1-2H3. The molecule has 1 saturated heterocycles. The van der Waals surface area contributed by atoms with Crippen LogP contribution in [0.5, 0.6) is 5.88 Å². The van der Waals surface area contributed by atoms with E-state index in [2.05, 4.69) is 4.98 Å². The zero-order valence-corrected chi connectivity index (χ0v) is 17.0. The average molecular weight is 411 g/mol. The largest absolute Gasteiger partial charge is 0.471 e. The molecule has 1 amide bonds. The third kappa shape index (κ3) is 3.81. The molecular weight excluding hydrogens is 390 g/mol. The summed E-state index contributed by atoms with van der Waals surface area (Å²) in [6.45, 7) is 0.927. The van der Waals surface area contributed by atoms with Crippen LogP contribution in [0.15, 0.2) is 65.6 Å². The van der Waals surface area contributed by atoms with Crippen molar-refractivity contribution < 1.29 is 17.9 Å². The van der Waals surface area contributed by atoms with E-state index in [1.807, 2.05) is 36.4 Å². The van der Waals surface area contributed by atoms with Crippen LogP contribution in [-0.2, 0) is 10.0 Å². The van der Waals surface area contributed by atoms with Gasteiger partial charge in [-0.1, -0.05) is 18.2 Å². The van der Waals surface area contributed by atoms with Gasteiger partial charge in [-0.05, 0) is 36.4 Å². The summed E-state index contributed by atoms with van der Waals surface area (Å²) in [4.78, 5) is 18.9. The first-order chi connectivity index (χ1) is 13.8. The number of carbonyl (C=O) groups is 1. The van der Waals surface area contributed by atoms with Gasteiger partial charge in [0.1, 0.15) is 6.10 Å². The van der Waals surface area contributed by atoms with E-state index in [-0.39, 0.29) is 16.9 Å². The molecule has 7 nitrogen and oxygen atoms in total. The molecule has 150 valence electrons. The first-order valence-electron chi connectivity index (χ1n) is 9.19. The Balaban J connectivity index is 1.37. The van der Waals surface area contributed by atoms with Gasteiger partial charge >= 0.3 is 0 Å². The lowest BCUT2D eigenvalue weighted by atomic mass is 10.1. The maximum absolute atomic E-state index is 12.6.